The fourth-order valence-corrected chi connectivity index (χ4v) is 3.78. The quantitative estimate of drug-likeness (QED) is 0.747. The van der Waals surface area contributed by atoms with Gasteiger partial charge in [0.1, 0.15) is 6.04 Å². The zero-order chi connectivity index (χ0) is 20.5. The van der Waals surface area contributed by atoms with Gasteiger partial charge in [0.05, 0.1) is 19.5 Å². The van der Waals surface area contributed by atoms with Crippen LogP contribution in [0.25, 0.3) is 0 Å². The van der Waals surface area contributed by atoms with Gasteiger partial charge in [-0.15, -0.1) is 0 Å². The van der Waals surface area contributed by atoms with E-state index in [4.69, 9.17) is 5.11 Å². The summed E-state index contributed by atoms with van der Waals surface area (Å²) in [5.74, 6) is -1.43. The van der Waals surface area contributed by atoms with Crippen molar-refractivity contribution < 1.29 is 24.3 Å². The highest BCUT2D eigenvalue weighted by Gasteiger charge is 2.48. The molecule has 0 aromatic heterocycles. The average Bonchev–Trinajstić information content (AvgIpc) is 2.85. The van der Waals surface area contributed by atoms with Gasteiger partial charge in [0, 0.05) is 19.5 Å². The zero-order valence-corrected chi connectivity index (χ0v) is 16.1. The van der Waals surface area contributed by atoms with Crippen LogP contribution in [-0.2, 0) is 20.9 Å². The maximum Gasteiger partial charge on any atom is 0.327 e. The van der Waals surface area contributed by atoms with Gasteiger partial charge in [-0.3, -0.25) is 19.3 Å². The molecule has 2 heterocycles. The number of urea groups is 1. The number of amides is 4. The summed E-state index contributed by atoms with van der Waals surface area (Å²) in [6, 6.07) is 8.31. The lowest BCUT2D eigenvalue weighted by atomic mass is 9.85. The van der Waals surface area contributed by atoms with Crippen LogP contribution < -0.4 is 0 Å². The van der Waals surface area contributed by atoms with Crippen LogP contribution in [0.3, 0.4) is 0 Å². The smallest absolute Gasteiger partial charge is 0.327 e. The van der Waals surface area contributed by atoms with E-state index in [-0.39, 0.29) is 43.8 Å². The van der Waals surface area contributed by atoms with Crippen LogP contribution in [0, 0.1) is 5.41 Å². The van der Waals surface area contributed by atoms with Gasteiger partial charge in [-0.1, -0.05) is 44.2 Å². The molecule has 2 fully saturated rings. The third-order valence-electron chi connectivity index (χ3n) is 5.20. The Hall–Kier alpha value is -2.90. The minimum Gasteiger partial charge on any atom is -0.481 e. The van der Waals surface area contributed by atoms with E-state index in [0.29, 0.717) is 13.1 Å². The first-order valence-corrected chi connectivity index (χ1v) is 9.33. The summed E-state index contributed by atoms with van der Waals surface area (Å²) in [6.45, 7) is 4.48. The topological polar surface area (TPSA) is 98.2 Å². The van der Waals surface area contributed by atoms with Crippen LogP contribution in [0.15, 0.2) is 30.3 Å². The Morgan fingerprint density at radius 3 is 2.43 bits per heavy atom. The Kier molecular flexibility index (Phi) is 5.40. The number of carboxylic acid groups (broad SMARTS) is 1. The number of nitrogens with zero attached hydrogens (tertiary/aromatic N) is 3. The van der Waals surface area contributed by atoms with E-state index in [2.05, 4.69) is 0 Å². The van der Waals surface area contributed by atoms with Crippen molar-refractivity contribution >= 4 is 23.8 Å². The highest BCUT2D eigenvalue weighted by Crippen LogP contribution is 2.28. The molecule has 2 aliphatic heterocycles. The van der Waals surface area contributed by atoms with E-state index in [9.17, 15) is 19.2 Å². The lowest BCUT2D eigenvalue weighted by Gasteiger charge is -2.36. The van der Waals surface area contributed by atoms with Crippen LogP contribution in [0.2, 0.25) is 0 Å². The number of piperazine rings is 1. The molecule has 0 spiro atoms. The van der Waals surface area contributed by atoms with Gasteiger partial charge in [-0.2, -0.15) is 0 Å². The zero-order valence-electron chi connectivity index (χ0n) is 16.1. The standard InChI is InChI=1S/C20H25N3O5/c1-20(2,11-17(25)26)10-16(24)21-8-9-22-15(13-21)18(27)23(19(22)28)12-14-6-4-3-5-7-14/h3-7,15H,8-13H2,1-2H3,(H,25,26)/t15-/m1/s1. The molecule has 4 amide bonds. The summed E-state index contributed by atoms with van der Waals surface area (Å²) in [5, 5.41) is 8.99. The fourth-order valence-electron chi connectivity index (χ4n) is 3.78. The molecule has 8 nitrogen and oxygen atoms in total. The molecule has 0 aliphatic carbocycles. The highest BCUT2D eigenvalue weighted by molar-refractivity contribution is 6.04. The van der Waals surface area contributed by atoms with E-state index in [1.54, 1.807) is 18.7 Å². The summed E-state index contributed by atoms with van der Waals surface area (Å²) in [5.41, 5.74) is 0.196. The number of aliphatic carboxylic acids is 1. The SMILES string of the molecule is CC(C)(CC(=O)O)CC(=O)N1CCN2C(=O)N(Cc3ccccc3)C(=O)[C@H]2C1. The molecule has 0 unspecified atom stereocenters. The summed E-state index contributed by atoms with van der Waals surface area (Å²) in [7, 11) is 0. The Labute approximate surface area is 163 Å². The molecule has 150 valence electrons. The lowest BCUT2D eigenvalue weighted by molar-refractivity contribution is -0.141. The van der Waals surface area contributed by atoms with Crippen LogP contribution in [0.1, 0.15) is 32.3 Å². The number of carbonyl (C=O) groups is 4. The van der Waals surface area contributed by atoms with Crippen molar-refractivity contribution in [3.05, 3.63) is 35.9 Å². The number of hydrogen-bond donors (Lipinski definition) is 1. The van der Waals surface area contributed by atoms with E-state index >= 15 is 0 Å². The van der Waals surface area contributed by atoms with E-state index < -0.39 is 17.4 Å². The summed E-state index contributed by atoms with van der Waals surface area (Å²) >= 11 is 0. The Morgan fingerprint density at radius 2 is 1.79 bits per heavy atom. The van der Waals surface area contributed by atoms with E-state index in [0.717, 1.165) is 5.56 Å². The van der Waals surface area contributed by atoms with Crippen molar-refractivity contribution in [2.24, 2.45) is 5.41 Å². The minimum absolute atomic E-state index is 0.0852. The number of carboxylic acids is 1. The molecule has 1 N–H and O–H groups in total. The Morgan fingerprint density at radius 1 is 1.11 bits per heavy atom. The molecule has 3 rings (SSSR count). The molecular formula is C20H25N3O5. The summed E-state index contributed by atoms with van der Waals surface area (Å²) in [4.78, 5) is 53.4. The predicted octanol–water partition coefficient (Wildman–Crippen LogP) is 1.55. The molecule has 1 aromatic rings. The van der Waals surface area contributed by atoms with Crippen molar-refractivity contribution in [1.29, 1.82) is 0 Å². The average molecular weight is 387 g/mol. The van der Waals surface area contributed by atoms with E-state index in [1.807, 2.05) is 30.3 Å². The molecule has 0 radical (unpaired) electrons. The maximum atomic E-state index is 12.8. The van der Waals surface area contributed by atoms with Crippen LogP contribution in [-0.4, -0.2) is 69.3 Å². The fraction of sp³-hybridized carbons (Fsp3) is 0.500. The van der Waals surface area contributed by atoms with Crippen LogP contribution in [0.4, 0.5) is 4.79 Å². The largest absolute Gasteiger partial charge is 0.481 e. The minimum atomic E-state index is -0.948. The van der Waals surface area contributed by atoms with Crippen molar-refractivity contribution in [3.8, 4) is 0 Å². The third-order valence-corrected chi connectivity index (χ3v) is 5.20. The highest BCUT2D eigenvalue weighted by atomic mass is 16.4. The van der Waals surface area contributed by atoms with Crippen molar-refractivity contribution in [2.75, 3.05) is 19.6 Å². The Bertz CT molecular complexity index is 792. The van der Waals surface area contributed by atoms with E-state index in [1.165, 1.54) is 9.80 Å². The lowest BCUT2D eigenvalue weighted by Crippen LogP contribution is -2.55. The molecule has 1 atom stereocenters. The number of fused-ring (bicyclic) bond motifs is 1. The normalized spacial score (nSPS) is 19.8. The number of hydrogen-bond acceptors (Lipinski definition) is 4. The molecule has 0 saturated carbocycles. The molecular weight excluding hydrogens is 362 g/mol. The monoisotopic (exact) mass is 387 g/mol. The van der Waals surface area contributed by atoms with Gasteiger partial charge in [-0.25, -0.2) is 4.79 Å². The molecule has 0 bridgehead atoms. The second kappa shape index (κ2) is 7.61. The second-order valence-corrected chi connectivity index (χ2v) is 8.15. The predicted molar refractivity (Wildman–Crippen MR) is 100 cm³/mol. The number of rotatable bonds is 6. The van der Waals surface area contributed by atoms with Gasteiger partial charge in [0.2, 0.25) is 5.91 Å². The number of imide groups is 1. The van der Waals surface area contributed by atoms with Crippen LogP contribution in [0.5, 0.6) is 0 Å². The molecule has 1 aromatic carbocycles. The molecule has 8 heteroatoms. The first kappa shape index (κ1) is 19.9. The van der Waals surface area contributed by atoms with Crippen molar-refractivity contribution in [2.45, 2.75) is 39.3 Å². The summed E-state index contributed by atoms with van der Waals surface area (Å²) in [6.07, 6.45) is -0.0215. The number of benzene rings is 1. The first-order valence-electron chi connectivity index (χ1n) is 9.33. The molecule has 28 heavy (non-hydrogen) atoms. The Balaban J connectivity index is 1.66. The third kappa shape index (κ3) is 4.16. The van der Waals surface area contributed by atoms with Gasteiger partial charge in [0.25, 0.3) is 5.91 Å². The molecule has 2 aliphatic rings. The van der Waals surface area contributed by atoms with Crippen molar-refractivity contribution in [3.63, 3.8) is 0 Å². The first-order chi connectivity index (χ1) is 13.2. The van der Waals surface area contributed by atoms with Crippen LogP contribution >= 0.6 is 0 Å². The van der Waals surface area contributed by atoms with Gasteiger partial charge in [-0.05, 0) is 11.0 Å². The van der Waals surface area contributed by atoms with Gasteiger partial charge in [0.15, 0.2) is 0 Å². The second-order valence-electron chi connectivity index (χ2n) is 8.15. The number of carbonyl (C=O) groups excluding carboxylic acids is 3. The summed E-state index contributed by atoms with van der Waals surface area (Å²) < 4.78 is 0. The van der Waals surface area contributed by atoms with Gasteiger partial charge >= 0.3 is 12.0 Å². The maximum absolute atomic E-state index is 12.8. The van der Waals surface area contributed by atoms with Crippen molar-refractivity contribution in [1.82, 2.24) is 14.7 Å². The van der Waals surface area contributed by atoms with Gasteiger partial charge < -0.3 is 14.9 Å². The molecule has 2 saturated heterocycles.